The number of hydrogen-bond acceptors (Lipinski definition) is 3. The normalized spacial score (nSPS) is 12.6. The molecule has 0 bridgehead atoms. The predicted octanol–water partition coefficient (Wildman–Crippen LogP) is 5.67. The molecule has 0 spiro atoms. The molecular weight excluding hydrogens is 396 g/mol. The number of benzene rings is 3. The quantitative estimate of drug-likeness (QED) is 0.438. The van der Waals surface area contributed by atoms with Crippen LogP contribution in [0.3, 0.4) is 0 Å². The van der Waals surface area contributed by atoms with Gasteiger partial charge in [-0.25, -0.2) is 0 Å². The van der Waals surface area contributed by atoms with Gasteiger partial charge in [-0.3, -0.25) is 0 Å². The fourth-order valence-electron chi connectivity index (χ4n) is 4.11. The molecule has 0 saturated carbocycles. The highest BCUT2D eigenvalue weighted by Gasteiger charge is 2.16. The molecule has 2 heterocycles. The molecule has 1 aromatic heterocycles. The van der Waals surface area contributed by atoms with Crippen molar-refractivity contribution in [2.24, 2.45) is 0 Å². The Balaban J connectivity index is 1.39. The minimum Gasteiger partial charge on any atom is -0.454 e. The zero-order valence-electron chi connectivity index (χ0n) is 16.8. The van der Waals surface area contributed by atoms with Gasteiger partial charge in [0.05, 0.1) is 0 Å². The van der Waals surface area contributed by atoms with E-state index in [2.05, 4.69) is 53.2 Å². The number of halogens is 1. The van der Waals surface area contributed by atoms with Gasteiger partial charge in [0.15, 0.2) is 11.5 Å². The summed E-state index contributed by atoms with van der Waals surface area (Å²) in [5.74, 6) is 1.64. The third-order valence-electron chi connectivity index (χ3n) is 5.72. The van der Waals surface area contributed by atoms with Gasteiger partial charge in [-0.1, -0.05) is 54.1 Å². The standard InChI is InChI=1S/C25H23ClN2O2/c1-17-21(14-27-13-18-10-11-24-25(12-18)30-16-29-24)20-7-3-5-9-23(20)28(17)15-19-6-2-4-8-22(19)26/h2-12,27H,13-16H2,1H3. The summed E-state index contributed by atoms with van der Waals surface area (Å²) in [6.07, 6.45) is 0. The largest absolute Gasteiger partial charge is 0.454 e. The Hall–Kier alpha value is -2.95. The maximum Gasteiger partial charge on any atom is 0.231 e. The monoisotopic (exact) mass is 418 g/mol. The number of nitrogens with zero attached hydrogens (tertiary/aromatic N) is 1. The molecule has 5 heteroatoms. The van der Waals surface area contributed by atoms with Gasteiger partial charge >= 0.3 is 0 Å². The van der Waals surface area contributed by atoms with Crippen molar-refractivity contribution in [3.05, 3.63) is 94.1 Å². The van der Waals surface area contributed by atoms with Gasteiger partial charge in [0.25, 0.3) is 0 Å². The van der Waals surface area contributed by atoms with E-state index in [-0.39, 0.29) is 0 Å². The molecule has 4 aromatic rings. The Morgan fingerprint density at radius 3 is 2.63 bits per heavy atom. The maximum absolute atomic E-state index is 6.43. The van der Waals surface area contributed by atoms with E-state index in [4.69, 9.17) is 21.1 Å². The van der Waals surface area contributed by atoms with Crippen LogP contribution in [0, 0.1) is 6.92 Å². The number of para-hydroxylation sites is 1. The number of nitrogens with one attached hydrogen (secondary N) is 1. The van der Waals surface area contributed by atoms with Crippen molar-refractivity contribution in [1.29, 1.82) is 0 Å². The molecule has 0 fully saturated rings. The van der Waals surface area contributed by atoms with E-state index < -0.39 is 0 Å². The lowest BCUT2D eigenvalue weighted by Gasteiger charge is -2.11. The summed E-state index contributed by atoms with van der Waals surface area (Å²) < 4.78 is 13.2. The maximum atomic E-state index is 6.43. The molecular formula is C25H23ClN2O2. The van der Waals surface area contributed by atoms with Crippen LogP contribution in [-0.2, 0) is 19.6 Å². The second-order valence-electron chi connectivity index (χ2n) is 7.55. The van der Waals surface area contributed by atoms with Crippen LogP contribution in [0.1, 0.15) is 22.4 Å². The van der Waals surface area contributed by atoms with Crippen LogP contribution in [0.5, 0.6) is 11.5 Å². The number of hydrogen-bond donors (Lipinski definition) is 1. The highest BCUT2D eigenvalue weighted by molar-refractivity contribution is 6.31. The Morgan fingerprint density at radius 2 is 1.73 bits per heavy atom. The molecule has 1 aliphatic heterocycles. The van der Waals surface area contributed by atoms with Crippen LogP contribution >= 0.6 is 11.6 Å². The molecule has 0 unspecified atom stereocenters. The second-order valence-corrected chi connectivity index (χ2v) is 7.96. The molecule has 5 rings (SSSR count). The Labute approximate surface area is 181 Å². The third kappa shape index (κ3) is 3.53. The highest BCUT2D eigenvalue weighted by Crippen LogP contribution is 2.32. The van der Waals surface area contributed by atoms with Crippen molar-refractivity contribution in [2.75, 3.05) is 6.79 Å². The van der Waals surface area contributed by atoms with E-state index >= 15 is 0 Å². The van der Waals surface area contributed by atoms with Gasteiger partial charge in [-0.2, -0.15) is 0 Å². The van der Waals surface area contributed by atoms with Crippen LogP contribution in [0.2, 0.25) is 5.02 Å². The van der Waals surface area contributed by atoms with Gasteiger partial charge in [0, 0.05) is 41.3 Å². The lowest BCUT2D eigenvalue weighted by atomic mass is 10.1. The molecule has 4 nitrogen and oxygen atoms in total. The minimum absolute atomic E-state index is 0.302. The van der Waals surface area contributed by atoms with E-state index in [9.17, 15) is 0 Å². The average molecular weight is 419 g/mol. The summed E-state index contributed by atoms with van der Waals surface area (Å²) in [5, 5.41) is 5.68. The minimum atomic E-state index is 0.302. The highest BCUT2D eigenvalue weighted by atomic mass is 35.5. The van der Waals surface area contributed by atoms with Gasteiger partial charge in [-0.15, -0.1) is 0 Å². The molecule has 0 aliphatic carbocycles. The van der Waals surface area contributed by atoms with Crippen molar-refractivity contribution in [3.63, 3.8) is 0 Å². The topological polar surface area (TPSA) is 35.4 Å². The summed E-state index contributed by atoms with van der Waals surface area (Å²) in [5.41, 5.74) is 6.11. The Bertz CT molecular complexity index is 1220. The molecule has 0 atom stereocenters. The Kier molecular flexibility index (Phi) is 5.11. The first kappa shape index (κ1) is 19.0. The summed E-state index contributed by atoms with van der Waals surface area (Å²) in [6, 6.07) is 22.7. The lowest BCUT2D eigenvalue weighted by molar-refractivity contribution is 0.174. The van der Waals surface area contributed by atoms with Crippen molar-refractivity contribution >= 4 is 22.5 Å². The average Bonchev–Trinajstić information content (AvgIpc) is 3.33. The predicted molar refractivity (Wildman–Crippen MR) is 120 cm³/mol. The first-order valence-corrected chi connectivity index (χ1v) is 10.5. The van der Waals surface area contributed by atoms with E-state index in [0.717, 1.165) is 41.7 Å². The van der Waals surface area contributed by atoms with Crippen LogP contribution in [-0.4, -0.2) is 11.4 Å². The smallest absolute Gasteiger partial charge is 0.231 e. The molecule has 152 valence electrons. The van der Waals surface area contributed by atoms with Crippen LogP contribution in [0.4, 0.5) is 0 Å². The molecule has 3 aromatic carbocycles. The van der Waals surface area contributed by atoms with E-state index in [1.54, 1.807) is 0 Å². The van der Waals surface area contributed by atoms with Gasteiger partial charge in [0.2, 0.25) is 6.79 Å². The first-order valence-electron chi connectivity index (χ1n) is 10.1. The van der Waals surface area contributed by atoms with Crippen molar-refractivity contribution in [3.8, 4) is 11.5 Å². The van der Waals surface area contributed by atoms with Crippen molar-refractivity contribution < 1.29 is 9.47 Å². The zero-order chi connectivity index (χ0) is 20.5. The van der Waals surface area contributed by atoms with Gasteiger partial charge in [-0.05, 0) is 47.9 Å². The molecule has 0 amide bonds. The third-order valence-corrected chi connectivity index (χ3v) is 6.08. The van der Waals surface area contributed by atoms with Crippen molar-refractivity contribution in [1.82, 2.24) is 9.88 Å². The van der Waals surface area contributed by atoms with E-state index in [1.165, 1.54) is 27.7 Å². The summed E-state index contributed by atoms with van der Waals surface area (Å²) >= 11 is 6.43. The van der Waals surface area contributed by atoms with Crippen molar-refractivity contribution in [2.45, 2.75) is 26.6 Å². The number of ether oxygens (including phenoxy) is 2. The summed E-state index contributed by atoms with van der Waals surface area (Å²) in [6.45, 7) is 4.80. The molecule has 1 N–H and O–H groups in total. The zero-order valence-corrected chi connectivity index (χ0v) is 17.6. The van der Waals surface area contributed by atoms with Crippen LogP contribution in [0.15, 0.2) is 66.7 Å². The van der Waals surface area contributed by atoms with Crippen LogP contribution < -0.4 is 14.8 Å². The molecule has 30 heavy (non-hydrogen) atoms. The molecule has 1 aliphatic rings. The number of rotatable bonds is 6. The second kappa shape index (κ2) is 8.05. The van der Waals surface area contributed by atoms with Gasteiger partial charge in [0.1, 0.15) is 0 Å². The number of aromatic nitrogens is 1. The lowest BCUT2D eigenvalue weighted by Crippen LogP contribution is -2.13. The first-order chi connectivity index (χ1) is 14.7. The fourth-order valence-corrected chi connectivity index (χ4v) is 4.30. The van der Waals surface area contributed by atoms with Gasteiger partial charge < -0.3 is 19.4 Å². The molecule has 0 radical (unpaired) electrons. The van der Waals surface area contributed by atoms with E-state index in [0.29, 0.717) is 6.79 Å². The SMILES string of the molecule is Cc1c(CNCc2ccc3c(c2)OCO3)c2ccccc2n1Cc1ccccc1Cl. The van der Waals surface area contributed by atoms with Crippen LogP contribution in [0.25, 0.3) is 10.9 Å². The summed E-state index contributed by atoms with van der Waals surface area (Å²) in [7, 11) is 0. The Morgan fingerprint density at radius 1 is 0.933 bits per heavy atom. The number of fused-ring (bicyclic) bond motifs is 2. The summed E-state index contributed by atoms with van der Waals surface area (Å²) in [4.78, 5) is 0. The van der Waals surface area contributed by atoms with E-state index in [1.807, 2.05) is 30.3 Å². The molecule has 0 saturated heterocycles. The fraction of sp³-hybridized carbons (Fsp3) is 0.200.